The third-order valence-electron chi connectivity index (χ3n) is 7.36. The van der Waals surface area contributed by atoms with E-state index < -0.39 is 0 Å². The minimum atomic E-state index is -0.152. The van der Waals surface area contributed by atoms with E-state index >= 15 is 0 Å². The molecule has 1 aliphatic heterocycles. The van der Waals surface area contributed by atoms with Crippen LogP contribution in [0.5, 0.6) is 11.5 Å². The van der Waals surface area contributed by atoms with E-state index in [0.717, 1.165) is 60.9 Å². The first-order chi connectivity index (χ1) is 19.1. The van der Waals surface area contributed by atoms with Crippen molar-refractivity contribution in [2.45, 2.75) is 19.9 Å². The van der Waals surface area contributed by atoms with Crippen LogP contribution in [0.15, 0.2) is 72.8 Å². The van der Waals surface area contributed by atoms with Gasteiger partial charge in [-0.2, -0.15) is 4.68 Å². The Bertz CT molecular complexity index is 1390. The molecule has 202 valence electrons. The number of methoxy groups -OCH3 is 2. The summed E-state index contributed by atoms with van der Waals surface area (Å²) in [5.74, 6) is 2.18. The lowest BCUT2D eigenvalue weighted by atomic mass is 10.0. The van der Waals surface area contributed by atoms with Gasteiger partial charge in [0.15, 0.2) is 17.3 Å². The summed E-state index contributed by atoms with van der Waals surface area (Å²) in [5, 5.41) is 13.2. The van der Waals surface area contributed by atoms with Gasteiger partial charge in [-0.3, -0.25) is 9.80 Å². The second-order valence-electron chi connectivity index (χ2n) is 9.86. The Hall–Kier alpha value is -4.01. The Morgan fingerprint density at radius 1 is 0.846 bits per heavy atom. The number of tetrazole rings is 1. The smallest absolute Gasteiger partial charge is 0.178 e. The third kappa shape index (κ3) is 5.87. The molecule has 0 amide bonds. The van der Waals surface area contributed by atoms with Crippen LogP contribution in [0.3, 0.4) is 0 Å². The Labute approximate surface area is 230 Å². The van der Waals surface area contributed by atoms with Crippen LogP contribution < -0.4 is 9.47 Å². The highest BCUT2D eigenvalue weighted by Gasteiger charge is 2.32. The van der Waals surface area contributed by atoms with Gasteiger partial charge in [-0.15, -0.1) is 5.10 Å². The molecule has 1 fully saturated rings. The Kier molecular flexibility index (Phi) is 8.34. The molecule has 1 aromatic heterocycles. The molecule has 0 unspecified atom stereocenters. The van der Waals surface area contributed by atoms with Gasteiger partial charge in [-0.25, -0.2) is 0 Å². The highest BCUT2D eigenvalue weighted by molar-refractivity contribution is 5.50. The molecule has 0 spiro atoms. The molecule has 1 aliphatic rings. The number of aryl methyl sites for hydroxylation is 2. The lowest BCUT2D eigenvalue weighted by molar-refractivity contribution is 0.113. The number of rotatable bonds is 9. The topological polar surface area (TPSA) is 68.5 Å². The zero-order valence-electron chi connectivity index (χ0n) is 23.1. The van der Waals surface area contributed by atoms with Crippen molar-refractivity contribution in [1.82, 2.24) is 30.0 Å². The molecular weight excluding hydrogens is 488 g/mol. The summed E-state index contributed by atoms with van der Waals surface area (Å²) in [7, 11) is 3.32. The SMILES string of the molecule is COc1ccc([C@H](c2nnnn2-c2c(C)cccc2C)N2CCN(C/C=C/c3ccccc3)CC2)cc1OC. The maximum atomic E-state index is 5.66. The number of hydrogen-bond donors (Lipinski definition) is 0. The van der Waals surface area contributed by atoms with Gasteiger partial charge in [-0.05, 0) is 58.7 Å². The monoisotopic (exact) mass is 524 g/mol. The number of para-hydroxylation sites is 1. The fourth-order valence-corrected chi connectivity index (χ4v) is 5.32. The predicted octanol–water partition coefficient (Wildman–Crippen LogP) is 4.72. The minimum absolute atomic E-state index is 0.152. The van der Waals surface area contributed by atoms with Crippen LogP contribution in [-0.4, -0.2) is 77.0 Å². The number of benzene rings is 3. The van der Waals surface area contributed by atoms with Gasteiger partial charge in [0.25, 0.3) is 0 Å². The number of hydrogen-bond acceptors (Lipinski definition) is 7. The number of piperazine rings is 1. The first kappa shape index (κ1) is 26.6. The van der Waals surface area contributed by atoms with Gasteiger partial charge >= 0.3 is 0 Å². The van der Waals surface area contributed by atoms with Gasteiger partial charge in [0.05, 0.1) is 25.9 Å². The summed E-state index contributed by atoms with van der Waals surface area (Å²) >= 11 is 0. The molecule has 8 nitrogen and oxygen atoms in total. The second-order valence-corrected chi connectivity index (χ2v) is 9.86. The van der Waals surface area contributed by atoms with Crippen molar-refractivity contribution in [1.29, 1.82) is 0 Å². The molecule has 0 aliphatic carbocycles. The Morgan fingerprint density at radius 3 is 2.26 bits per heavy atom. The van der Waals surface area contributed by atoms with Crippen molar-refractivity contribution < 1.29 is 9.47 Å². The van der Waals surface area contributed by atoms with E-state index in [1.807, 2.05) is 22.9 Å². The summed E-state index contributed by atoms with van der Waals surface area (Å²) in [4.78, 5) is 4.95. The van der Waals surface area contributed by atoms with Gasteiger partial charge in [0.1, 0.15) is 0 Å². The lowest BCUT2D eigenvalue weighted by Gasteiger charge is -2.38. The zero-order valence-corrected chi connectivity index (χ0v) is 23.1. The Morgan fingerprint density at radius 2 is 1.56 bits per heavy atom. The number of ether oxygens (including phenoxy) is 2. The van der Waals surface area contributed by atoms with Crippen LogP contribution >= 0.6 is 0 Å². The number of aromatic nitrogens is 4. The van der Waals surface area contributed by atoms with Gasteiger partial charge in [0, 0.05) is 32.7 Å². The maximum absolute atomic E-state index is 5.66. The summed E-state index contributed by atoms with van der Waals surface area (Å²) < 4.78 is 13.1. The van der Waals surface area contributed by atoms with Crippen molar-refractivity contribution in [3.63, 3.8) is 0 Å². The molecule has 1 atom stereocenters. The van der Waals surface area contributed by atoms with E-state index in [1.54, 1.807) is 14.2 Å². The van der Waals surface area contributed by atoms with Crippen LogP contribution in [-0.2, 0) is 0 Å². The summed E-state index contributed by atoms with van der Waals surface area (Å²) in [5.41, 5.74) is 5.57. The highest BCUT2D eigenvalue weighted by Crippen LogP contribution is 2.36. The van der Waals surface area contributed by atoms with Crippen molar-refractivity contribution in [3.05, 3.63) is 101 Å². The molecule has 39 heavy (non-hydrogen) atoms. The molecule has 8 heteroatoms. The maximum Gasteiger partial charge on any atom is 0.178 e. The minimum Gasteiger partial charge on any atom is -0.493 e. The Balaban J connectivity index is 1.44. The molecular formula is C31H36N6O2. The molecule has 4 aromatic rings. The molecule has 3 aromatic carbocycles. The van der Waals surface area contributed by atoms with E-state index in [2.05, 4.69) is 99.9 Å². The van der Waals surface area contributed by atoms with E-state index in [4.69, 9.17) is 9.47 Å². The molecule has 0 bridgehead atoms. The van der Waals surface area contributed by atoms with Gasteiger partial charge in [-0.1, -0.05) is 66.7 Å². The van der Waals surface area contributed by atoms with E-state index in [-0.39, 0.29) is 6.04 Å². The molecule has 2 heterocycles. The normalized spacial score (nSPS) is 15.5. The van der Waals surface area contributed by atoms with Crippen LogP contribution in [0.25, 0.3) is 11.8 Å². The summed E-state index contributed by atoms with van der Waals surface area (Å²) in [6, 6.07) is 22.6. The van der Waals surface area contributed by atoms with Crippen LogP contribution in [0.1, 0.15) is 34.1 Å². The first-order valence-electron chi connectivity index (χ1n) is 13.3. The van der Waals surface area contributed by atoms with E-state index in [9.17, 15) is 0 Å². The highest BCUT2D eigenvalue weighted by atomic mass is 16.5. The second kappa shape index (κ2) is 12.2. The number of nitrogens with zero attached hydrogens (tertiary/aromatic N) is 6. The lowest BCUT2D eigenvalue weighted by Crippen LogP contribution is -2.48. The van der Waals surface area contributed by atoms with Crippen LogP contribution in [0.2, 0.25) is 0 Å². The molecule has 0 N–H and O–H groups in total. The van der Waals surface area contributed by atoms with Crippen LogP contribution in [0.4, 0.5) is 0 Å². The van der Waals surface area contributed by atoms with Crippen LogP contribution in [0, 0.1) is 13.8 Å². The molecule has 5 rings (SSSR count). The van der Waals surface area contributed by atoms with E-state index in [0.29, 0.717) is 11.5 Å². The third-order valence-corrected chi connectivity index (χ3v) is 7.36. The fraction of sp³-hybridized carbons (Fsp3) is 0.323. The summed E-state index contributed by atoms with van der Waals surface area (Å²) in [6.07, 6.45) is 4.44. The quantitative estimate of drug-likeness (QED) is 0.314. The molecule has 1 saturated heterocycles. The largest absolute Gasteiger partial charge is 0.493 e. The van der Waals surface area contributed by atoms with E-state index in [1.165, 1.54) is 5.56 Å². The molecule has 0 saturated carbocycles. The average Bonchev–Trinajstić information content (AvgIpc) is 3.43. The van der Waals surface area contributed by atoms with Gasteiger partial charge < -0.3 is 9.47 Å². The predicted molar refractivity (Wildman–Crippen MR) is 154 cm³/mol. The van der Waals surface area contributed by atoms with Crippen molar-refractivity contribution >= 4 is 6.08 Å². The fourth-order valence-electron chi connectivity index (χ4n) is 5.32. The zero-order chi connectivity index (χ0) is 27.2. The summed E-state index contributed by atoms with van der Waals surface area (Å²) in [6.45, 7) is 8.79. The first-order valence-corrected chi connectivity index (χ1v) is 13.3. The van der Waals surface area contributed by atoms with Crippen molar-refractivity contribution in [2.75, 3.05) is 46.9 Å². The standard InChI is InChI=1S/C31H36N6O2/c1-23-10-8-11-24(2)29(23)37-31(32-33-34-37)30(26-15-16-27(38-3)28(22-26)39-4)36-20-18-35(19-21-36)17-9-14-25-12-6-5-7-13-25/h5-16,22,30H,17-21H2,1-4H3/b14-9+/t30-/m1/s1. The average molecular weight is 525 g/mol. The van der Waals surface area contributed by atoms with Crippen molar-refractivity contribution in [3.8, 4) is 17.2 Å². The molecule has 0 radical (unpaired) electrons. The van der Waals surface area contributed by atoms with Crippen molar-refractivity contribution in [2.24, 2.45) is 0 Å². The van der Waals surface area contributed by atoms with Gasteiger partial charge in [0.2, 0.25) is 0 Å².